The predicted octanol–water partition coefficient (Wildman–Crippen LogP) is 2.75. The Bertz CT molecular complexity index is 676. The van der Waals surface area contributed by atoms with Crippen molar-refractivity contribution in [3.05, 3.63) is 64.4 Å². The zero-order valence-electron chi connectivity index (χ0n) is 13.9. The number of carbonyl (C=O) groups excluding carboxylic acids is 1. The van der Waals surface area contributed by atoms with Crippen molar-refractivity contribution < 1.29 is 19.7 Å². The van der Waals surface area contributed by atoms with Gasteiger partial charge in [0.1, 0.15) is 17.9 Å². The molecule has 25 heavy (non-hydrogen) atoms. The van der Waals surface area contributed by atoms with Gasteiger partial charge >= 0.3 is 6.09 Å². The van der Waals surface area contributed by atoms with Crippen LogP contribution in [-0.2, 0) is 11.3 Å². The molecule has 0 aliphatic heterocycles. The van der Waals surface area contributed by atoms with E-state index in [1.165, 1.54) is 6.20 Å². The molecule has 2 aromatic rings. The number of carbonyl (C=O) groups is 1. The lowest BCUT2D eigenvalue weighted by Gasteiger charge is -2.20. The van der Waals surface area contributed by atoms with Gasteiger partial charge in [-0.3, -0.25) is 0 Å². The van der Waals surface area contributed by atoms with Gasteiger partial charge in [0.2, 0.25) is 0 Å². The molecule has 3 N–H and O–H groups in total. The number of aryl methyl sites for hydroxylation is 1. The third kappa shape index (κ3) is 5.70. The van der Waals surface area contributed by atoms with Crippen LogP contribution < -0.4 is 5.32 Å². The number of hydrogen-bond donors (Lipinski definition) is 3. The molecule has 0 aliphatic carbocycles. The fourth-order valence-electron chi connectivity index (χ4n) is 2.34. The van der Waals surface area contributed by atoms with Crippen LogP contribution in [0.2, 0.25) is 5.15 Å². The Kier molecular flexibility index (Phi) is 7.18. The van der Waals surface area contributed by atoms with Crippen molar-refractivity contribution in [2.45, 2.75) is 32.2 Å². The standard InChI is InChI=1S/C18H21ClN2O4/c1-12-7-9-20-17(19)15(12)16(23)14(22)8-10-21-18(24)25-11-13-5-3-2-4-6-13/h2-7,9,14,16,22-23H,8,10-11H2,1H3,(H,21,24). The van der Waals surface area contributed by atoms with Gasteiger partial charge in [0.15, 0.2) is 0 Å². The smallest absolute Gasteiger partial charge is 0.407 e. The summed E-state index contributed by atoms with van der Waals surface area (Å²) in [5.74, 6) is 0. The van der Waals surface area contributed by atoms with E-state index >= 15 is 0 Å². The minimum absolute atomic E-state index is 0.145. The molecule has 0 saturated heterocycles. The van der Waals surface area contributed by atoms with E-state index in [-0.39, 0.29) is 24.7 Å². The Morgan fingerprint density at radius 3 is 2.68 bits per heavy atom. The molecule has 0 fully saturated rings. The van der Waals surface area contributed by atoms with Gasteiger partial charge in [-0.05, 0) is 30.5 Å². The quantitative estimate of drug-likeness (QED) is 0.657. The number of hydrogen-bond acceptors (Lipinski definition) is 5. The van der Waals surface area contributed by atoms with E-state index in [1.54, 1.807) is 13.0 Å². The van der Waals surface area contributed by atoms with Gasteiger partial charge in [-0.25, -0.2) is 9.78 Å². The summed E-state index contributed by atoms with van der Waals surface area (Å²) in [6, 6.07) is 11.0. The average Bonchev–Trinajstić information content (AvgIpc) is 2.60. The van der Waals surface area contributed by atoms with Crippen LogP contribution in [0.4, 0.5) is 4.79 Å². The number of alkyl carbamates (subject to hydrolysis) is 1. The molecule has 6 nitrogen and oxygen atoms in total. The number of rotatable bonds is 7. The van der Waals surface area contributed by atoms with Crippen molar-refractivity contribution >= 4 is 17.7 Å². The highest BCUT2D eigenvalue weighted by Gasteiger charge is 2.23. The van der Waals surface area contributed by atoms with Crippen LogP contribution in [0.15, 0.2) is 42.6 Å². The van der Waals surface area contributed by atoms with Crippen LogP contribution in [0.1, 0.15) is 29.2 Å². The van der Waals surface area contributed by atoms with Gasteiger partial charge in [-0.15, -0.1) is 0 Å². The fraction of sp³-hybridized carbons (Fsp3) is 0.333. The van der Waals surface area contributed by atoms with Crippen LogP contribution in [-0.4, -0.2) is 33.9 Å². The monoisotopic (exact) mass is 364 g/mol. The van der Waals surface area contributed by atoms with Crippen LogP contribution in [0, 0.1) is 6.92 Å². The molecule has 1 aromatic carbocycles. The molecule has 7 heteroatoms. The highest BCUT2D eigenvalue weighted by Crippen LogP contribution is 2.27. The van der Waals surface area contributed by atoms with Gasteiger partial charge in [0.25, 0.3) is 0 Å². The molecule has 0 bridgehead atoms. The third-order valence-electron chi connectivity index (χ3n) is 3.74. The number of aromatic nitrogens is 1. The fourth-order valence-corrected chi connectivity index (χ4v) is 2.66. The molecule has 1 amide bonds. The maximum atomic E-state index is 11.6. The molecule has 2 rings (SSSR count). The summed E-state index contributed by atoms with van der Waals surface area (Å²) < 4.78 is 5.07. The van der Waals surface area contributed by atoms with Crippen molar-refractivity contribution in [3.63, 3.8) is 0 Å². The van der Waals surface area contributed by atoms with Gasteiger partial charge in [-0.2, -0.15) is 0 Å². The van der Waals surface area contributed by atoms with Gasteiger partial charge in [0.05, 0.1) is 6.10 Å². The van der Waals surface area contributed by atoms with Crippen molar-refractivity contribution in [3.8, 4) is 0 Å². The number of pyridine rings is 1. The summed E-state index contributed by atoms with van der Waals surface area (Å²) in [4.78, 5) is 15.5. The highest BCUT2D eigenvalue weighted by atomic mass is 35.5. The molecule has 2 unspecified atom stereocenters. The van der Waals surface area contributed by atoms with E-state index in [1.807, 2.05) is 30.3 Å². The second-order valence-electron chi connectivity index (χ2n) is 5.62. The summed E-state index contributed by atoms with van der Waals surface area (Å²) >= 11 is 5.98. The number of amides is 1. The molecule has 2 atom stereocenters. The maximum Gasteiger partial charge on any atom is 0.407 e. The van der Waals surface area contributed by atoms with Crippen LogP contribution in [0.5, 0.6) is 0 Å². The number of nitrogens with zero attached hydrogens (tertiary/aromatic N) is 1. The third-order valence-corrected chi connectivity index (χ3v) is 4.04. The van der Waals surface area contributed by atoms with E-state index in [0.717, 1.165) is 11.1 Å². The Hall–Kier alpha value is -2.15. The SMILES string of the molecule is Cc1ccnc(Cl)c1C(O)C(O)CCNC(=O)OCc1ccccc1. The lowest BCUT2D eigenvalue weighted by molar-refractivity contribution is 0.0131. The number of aliphatic hydroxyl groups excluding tert-OH is 2. The summed E-state index contributed by atoms with van der Waals surface area (Å²) in [6.07, 6.45) is -1.17. The second-order valence-corrected chi connectivity index (χ2v) is 5.98. The molecule has 0 aliphatic rings. The van der Waals surface area contributed by atoms with E-state index < -0.39 is 18.3 Å². The lowest BCUT2D eigenvalue weighted by atomic mass is 10.00. The minimum atomic E-state index is -1.18. The zero-order valence-corrected chi connectivity index (χ0v) is 14.6. The van der Waals surface area contributed by atoms with Crippen LogP contribution >= 0.6 is 11.6 Å². The lowest BCUT2D eigenvalue weighted by Crippen LogP contribution is -2.30. The van der Waals surface area contributed by atoms with E-state index in [9.17, 15) is 15.0 Å². The molecule has 0 radical (unpaired) electrons. The van der Waals surface area contributed by atoms with Gasteiger partial charge < -0.3 is 20.3 Å². The van der Waals surface area contributed by atoms with Crippen molar-refractivity contribution in [2.24, 2.45) is 0 Å². The Morgan fingerprint density at radius 1 is 1.28 bits per heavy atom. The van der Waals surface area contributed by atoms with Gasteiger partial charge in [0, 0.05) is 18.3 Å². The van der Waals surface area contributed by atoms with E-state index in [0.29, 0.717) is 5.56 Å². The van der Waals surface area contributed by atoms with Crippen molar-refractivity contribution in [1.29, 1.82) is 0 Å². The summed E-state index contributed by atoms with van der Waals surface area (Å²) in [7, 11) is 0. The highest BCUT2D eigenvalue weighted by molar-refractivity contribution is 6.30. The topological polar surface area (TPSA) is 91.7 Å². The average molecular weight is 365 g/mol. The minimum Gasteiger partial charge on any atom is -0.445 e. The first kappa shape index (κ1) is 19.2. The van der Waals surface area contributed by atoms with E-state index in [2.05, 4.69) is 10.3 Å². The number of halogens is 1. The molecule has 1 heterocycles. The Morgan fingerprint density at radius 2 is 2.00 bits per heavy atom. The Balaban J connectivity index is 1.76. The zero-order chi connectivity index (χ0) is 18.2. The van der Waals surface area contributed by atoms with Gasteiger partial charge in [-0.1, -0.05) is 41.9 Å². The first-order valence-corrected chi connectivity index (χ1v) is 8.28. The second kappa shape index (κ2) is 9.36. The molecule has 0 spiro atoms. The molecule has 1 aromatic heterocycles. The molecular weight excluding hydrogens is 344 g/mol. The summed E-state index contributed by atoms with van der Waals surface area (Å²) in [6.45, 7) is 2.10. The van der Waals surface area contributed by atoms with Crippen LogP contribution in [0.3, 0.4) is 0 Å². The largest absolute Gasteiger partial charge is 0.445 e. The number of aliphatic hydroxyl groups is 2. The Labute approximate surface area is 151 Å². The van der Waals surface area contributed by atoms with Crippen molar-refractivity contribution in [2.75, 3.05) is 6.54 Å². The molecule has 0 saturated carbocycles. The molecular formula is C18H21ClN2O4. The summed E-state index contributed by atoms with van der Waals surface area (Å²) in [5.41, 5.74) is 2.01. The first-order chi connectivity index (χ1) is 12.0. The first-order valence-electron chi connectivity index (χ1n) is 7.90. The van der Waals surface area contributed by atoms with Crippen molar-refractivity contribution in [1.82, 2.24) is 10.3 Å². The maximum absolute atomic E-state index is 11.6. The molecule has 134 valence electrons. The van der Waals surface area contributed by atoms with Crippen LogP contribution in [0.25, 0.3) is 0 Å². The van der Waals surface area contributed by atoms with E-state index in [4.69, 9.17) is 16.3 Å². The number of ether oxygens (including phenoxy) is 1. The normalized spacial score (nSPS) is 13.1. The predicted molar refractivity (Wildman–Crippen MR) is 94.2 cm³/mol. The number of nitrogens with one attached hydrogen (secondary N) is 1. The summed E-state index contributed by atoms with van der Waals surface area (Å²) in [5, 5.41) is 23.1. The number of benzene rings is 1.